The van der Waals surface area contributed by atoms with Crippen molar-refractivity contribution in [1.82, 2.24) is 9.97 Å². The lowest BCUT2D eigenvalue weighted by molar-refractivity contribution is 0.833. The highest BCUT2D eigenvalue weighted by Crippen LogP contribution is 2.25. The van der Waals surface area contributed by atoms with Gasteiger partial charge in [-0.25, -0.2) is 0 Å². The number of hydrogen-bond donors (Lipinski definition) is 2. The highest BCUT2D eigenvalue weighted by molar-refractivity contribution is 9.10. The number of aromatic nitrogens is 2. The summed E-state index contributed by atoms with van der Waals surface area (Å²) in [7, 11) is 0. The third kappa shape index (κ3) is 3.20. The molecule has 3 N–H and O–H groups in total. The Morgan fingerprint density at radius 3 is 2.95 bits per heavy atom. The summed E-state index contributed by atoms with van der Waals surface area (Å²) >= 11 is 3.40. The number of nitrogens with zero attached hydrogens (tertiary/aromatic N) is 3. The molecule has 5 nitrogen and oxygen atoms in total. The van der Waals surface area contributed by atoms with E-state index in [1.54, 1.807) is 12.4 Å². The molecule has 0 bridgehead atoms. The fourth-order valence-electron chi connectivity index (χ4n) is 1.95. The number of nitrogens with one attached hydrogen (secondary N) is 1. The maximum Gasteiger partial charge on any atom is 0.112 e. The Bertz CT molecular complexity index is 599. The van der Waals surface area contributed by atoms with Gasteiger partial charge in [0.2, 0.25) is 0 Å². The van der Waals surface area contributed by atoms with Gasteiger partial charge in [0.15, 0.2) is 0 Å². The Kier molecular flexibility index (Phi) is 4.31. The molecular weight excluding hydrogens is 306 g/mol. The van der Waals surface area contributed by atoms with E-state index in [4.69, 9.17) is 11.1 Å². The van der Waals surface area contributed by atoms with Gasteiger partial charge in [0.05, 0.1) is 17.0 Å². The zero-order valence-electron chi connectivity index (χ0n) is 10.7. The summed E-state index contributed by atoms with van der Waals surface area (Å²) in [6, 6.07) is 3.90. The van der Waals surface area contributed by atoms with Crippen molar-refractivity contribution in [3.8, 4) is 0 Å². The van der Waals surface area contributed by atoms with Crippen molar-refractivity contribution in [3.05, 3.63) is 29.0 Å². The molecule has 6 heteroatoms. The van der Waals surface area contributed by atoms with Crippen molar-refractivity contribution in [1.29, 1.82) is 5.41 Å². The van der Waals surface area contributed by atoms with Gasteiger partial charge in [-0.2, -0.15) is 0 Å². The summed E-state index contributed by atoms with van der Waals surface area (Å²) in [6.45, 7) is 3.62. The molecule has 0 atom stereocenters. The molecule has 0 saturated carbocycles. The van der Waals surface area contributed by atoms with E-state index >= 15 is 0 Å². The number of hydrogen-bond acceptors (Lipinski definition) is 4. The van der Waals surface area contributed by atoms with Crippen LogP contribution in [0.15, 0.2) is 29.0 Å². The van der Waals surface area contributed by atoms with Crippen LogP contribution in [0.4, 0.5) is 5.69 Å². The number of pyridine rings is 2. The van der Waals surface area contributed by atoms with E-state index in [1.807, 2.05) is 12.1 Å². The van der Waals surface area contributed by atoms with Gasteiger partial charge >= 0.3 is 0 Å². The van der Waals surface area contributed by atoms with Crippen molar-refractivity contribution in [3.63, 3.8) is 0 Å². The molecule has 0 amide bonds. The van der Waals surface area contributed by atoms with E-state index in [-0.39, 0.29) is 5.84 Å². The SMILES string of the molecule is CCN(CCC(=N)N)c1ccnc2cc(Br)cnc12. The zero-order chi connectivity index (χ0) is 13.8. The zero-order valence-corrected chi connectivity index (χ0v) is 12.3. The van der Waals surface area contributed by atoms with E-state index in [2.05, 4.69) is 37.7 Å². The molecule has 0 spiro atoms. The Labute approximate surface area is 120 Å². The van der Waals surface area contributed by atoms with Crippen LogP contribution in [0.5, 0.6) is 0 Å². The molecule has 0 fully saturated rings. The van der Waals surface area contributed by atoms with Gasteiger partial charge in [0, 0.05) is 36.4 Å². The molecule has 0 unspecified atom stereocenters. The minimum atomic E-state index is 0.201. The van der Waals surface area contributed by atoms with Crippen LogP contribution in [0, 0.1) is 5.41 Å². The van der Waals surface area contributed by atoms with Gasteiger partial charge in [-0.1, -0.05) is 0 Å². The number of nitrogens with two attached hydrogens (primary N) is 1. The first-order valence-electron chi connectivity index (χ1n) is 6.10. The highest BCUT2D eigenvalue weighted by atomic mass is 79.9. The summed E-state index contributed by atoms with van der Waals surface area (Å²) in [6.07, 6.45) is 4.10. The summed E-state index contributed by atoms with van der Waals surface area (Å²) in [5.41, 5.74) is 8.18. The smallest absolute Gasteiger partial charge is 0.112 e. The number of rotatable bonds is 5. The lowest BCUT2D eigenvalue weighted by Gasteiger charge is -2.23. The Hall–Kier alpha value is -1.69. The fraction of sp³-hybridized carbons (Fsp3) is 0.308. The monoisotopic (exact) mass is 321 g/mol. The molecular formula is C13H16BrN5. The second-order valence-electron chi connectivity index (χ2n) is 4.21. The maximum absolute atomic E-state index is 7.33. The Morgan fingerprint density at radius 2 is 2.26 bits per heavy atom. The Balaban J connectivity index is 2.39. The van der Waals surface area contributed by atoms with Crippen molar-refractivity contribution in [2.45, 2.75) is 13.3 Å². The summed E-state index contributed by atoms with van der Waals surface area (Å²) < 4.78 is 0.913. The largest absolute Gasteiger partial charge is 0.388 e. The van der Waals surface area contributed by atoms with Crippen LogP contribution in [0.25, 0.3) is 11.0 Å². The molecule has 0 aliphatic rings. The first-order valence-corrected chi connectivity index (χ1v) is 6.89. The van der Waals surface area contributed by atoms with Crippen LogP contribution in [0.3, 0.4) is 0 Å². The Morgan fingerprint density at radius 1 is 1.47 bits per heavy atom. The topological polar surface area (TPSA) is 78.9 Å². The molecule has 19 heavy (non-hydrogen) atoms. The number of fused-ring (bicyclic) bond motifs is 1. The molecule has 2 rings (SSSR count). The molecule has 0 aromatic carbocycles. The van der Waals surface area contributed by atoms with E-state index in [0.717, 1.165) is 27.7 Å². The lowest BCUT2D eigenvalue weighted by atomic mass is 10.2. The number of amidine groups is 1. The van der Waals surface area contributed by atoms with E-state index in [9.17, 15) is 0 Å². The van der Waals surface area contributed by atoms with Gasteiger partial charge in [-0.05, 0) is 35.0 Å². The van der Waals surface area contributed by atoms with Crippen LogP contribution in [-0.4, -0.2) is 28.9 Å². The first-order chi connectivity index (χ1) is 9.11. The second-order valence-corrected chi connectivity index (χ2v) is 5.12. The minimum absolute atomic E-state index is 0.201. The lowest BCUT2D eigenvalue weighted by Crippen LogP contribution is -2.27. The van der Waals surface area contributed by atoms with Crippen LogP contribution in [0.1, 0.15) is 13.3 Å². The molecule has 100 valence electrons. The number of halogens is 1. The third-order valence-electron chi connectivity index (χ3n) is 2.90. The van der Waals surface area contributed by atoms with Crippen LogP contribution in [-0.2, 0) is 0 Å². The molecule has 0 aliphatic heterocycles. The minimum Gasteiger partial charge on any atom is -0.388 e. The quantitative estimate of drug-likeness (QED) is 0.655. The number of anilines is 1. The predicted octanol–water partition coefficient (Wildman–Crippen LogP) is 2.54. The van der Waals surface area contributed by atoms with Crippen molar-refractivity contribution < 1.29 is 0 Å². The summed E-state index contributed by atoms with van der Waals surface area (Å²) in [5, 5.41) is 7.33. The van der Waals surface area contributed by atoms with Gasteiger partial charge < -0.3 is 10.6 Å². The van der Waals surface area contributed by atoms with E-state index in [0.29, 0.717) is 13.0 Å². The van der Waals surface area contributed by atoms with Gasteiger partial charge in [-0.3, -0.25) is 15.4 Å². The first kappa shape index (κ1) is 13.7. The summed E-state index contributed by atoms with van der Waals surface area (Å²) in [4.78, 5) is 10.9. The summed E-state index contributed by atoms with van der Waals surface area (Å²) in [5.74, 6) is 0.201. The van der Waals surface area contributed by atoms with Crippen molar-refractivity contribution >= 4 is 38.5 Å². The standard InChI is InChI=1S/C13H16BrN5/c1-2-19(6-4-12(15)16)11-3-5-17-10-7-9(14)8-18-13(10)11/h3,5,7-8H,2,4,6H2,1H3,(H3,15,16). The molecule has 0 radical (unpaired) electrons. The van der Waals surface area contributed by atoms with E-state index < -0.39 is 0 Å². The average molecular weight is 322 g/mol. The van der Waals surface area contributed by atoms with Gasteiger partial charge in [0.1, 0.15) is 5.52 Å². The van der Waals surface area contributed by atoms with Crippen molar-refractivity contribution in [2.75, 3.05) is 18.0 Å². The predicted molar refractivity (Wildman–Crippen MR) is 81.7 cm³/mol. The van der Waals surface area contributed by atoms with Gasteiger partial charge in [0.25, 0.3) is 0 Å². The third-order valence-corrected chi connectivity index (χ3v) is 3.33. The maximum atomic E-state index is 7.33. The van der Waals surface area contributed by atoms with Crippen LogP contribution >= 0.6 is 15.9 Å². The van der Waals surface area contributed by atoms with Crippen molar-refractivity contribution in [2.24, 2.45) is 5.73 Å². The fourth-order valence-corrected chi connectivity index (χ4v) is 2.27. The normalized spacial score (nSPS) is 10.6. The molecule has 2 heterocycles. The highest BCUT2D eigenvalue weighted by Gasteiger charge is 2.10. The molecule has 2 aromatic heterocycles. The molecule has 0 aliphatic carbocycles. The van der Waals surface area contributed by atoms with Crippen LogP contribution in [0.2, 0.25) is 0 Å². The average Bonchev–Trinajstić information content (AvgIpc) is 2.38. The molecule has 0 saturated heterocycles. The van der Waals surface area contributed by atoms with E-state index in [1.165, 1.54) is 0 Å². The van der Waals surface area contributed by atoms with Gasteiger partial charge in [-0.15, -0.1) is 0 Å². The molecule has 2 aromatic rings. The second kappa shape index (κ2) is 5.97. The van der Waals surface area contributed by atoms with Crippen LogP contribution < -0.4 is 10.6 Å².